The van der Waals surface area contributed by atoms with Crippen molar-refractivity contribution in [3.05, 3.63) is 76.8 Å². The van der Waals surface area contributed by atoms with Crippen molar-refractivity contribution >= 4 is 50.7 Å². The van der Waals surface area contributed by atoms with Crippen molar-refractivity contribution in [2.75, 3.05) is 10.6 Å². The summed E-state index contributed by atoms with van der Waals surface area (Å²) in [4.78, 5) is 34.7. The molecule has 0 aliphatic carbocycles. The molecular weight excluding hydrogens is 408 g/mol. The number of nitrogens with zero attached hydrogens (tertiary/aromatic N) is 2. The van der Waals surface area contributed by atoms with Crippen LogP contribution >= 0.6 is 0 Å². The summed E-state index contributed by atoms with van der Waals surface area (Å²) >= 11 is 0. The summed E-state index contributed by atoms with van der Waals surface area (Å²) < 4.78 is 2.23. The lowest BCUT2D eigenvalue weighted by molar-refractivity contribution is -0.384. The predicted octanol–water partition coefficient (Wildman–Crippen LogP) is 5.08. The highest BCUT2D eigenvalue weighted by Crippen LogP contribution is 2.31. The molecule has 0 atom stereocenters. The molecule has 0 aliphatic heterocycles. The second-order valence-electron chi connectivity index (χ2n) is 7.39. The fourth-order valence-corrected chi connectivity index (χ4v) is 3.81. The lowest BCUT2D eigenvalue weighted by Gasteiger charge is -2.08. The predicted molar refractivity (Wildman–Crippen MR) is 125 cm³/mol. The van der Waals surface area contributed by atoms with E-state index in [2.05, 4.69) is 34.3 Å². The van der Waals surface area contributed by atoms with Gasteiger partial charge in [-0.05, 0) is 43.3 Å². The second kappa shape index (κ2) is 8.89. The van der Waals surface area contributed by atoms with Gasteiger partial charge >= 0.3 is 0 Å². The van der Waals surface area contributed by atoms with Crippen molar-refractivity contribution in [2.24, 2.45) is 0 Å². The number of nitro benzene ring substituents is 1. The highest BCUT2D eigenvalue weighted by atomic mass is 16.6. The standard InChI is InChI=1S/C24H22N4O4/c1-2-27-21-6-4-3-5-19(21)20-15-17(9-12-22(20)27)26-24(30)14-13-23(29)25-16-7-10-18(11-8-16)28(31)32/h3-12,15H,2,13-14H2,1H3,(H,25,29)(H,26,30). The number of fused-ring (bicyclic) bond motifs is 3. The smallest absolute Gasteiger partial charge is 0.269 e. The number of non-ortho nitro benzene ring substituents is 1. The Morgan fingerprint density at radius 2 is 1.44 bits per heavy atom. The van der Waals surface area contributed by atoms with Gasteiger partial charge in [-0.25, -0.2) is 0 Å². The number of nitro groups is 1. The fourth-order valence-electron chi connectivity index (χ4n) is 3.81. The van der Waals surface area contributed by atoms with Crippen LogP contribution in [0.4, 0.5) is 17.1 Å². The number of carbonyl (C=O) groups is 2. The van der Waals surface area contributed by atoms with E-state index < -0.39 is 4.92 Å². The van der Waals surface area contributed by atoms with Crippen molar-refractivity contribution in [2.45, 2.75) is 26.3 Å². The Bertz CT molecular complexity index is 1330. The van der Waals surface area contributed by atoms with E-state index in [-0.39, 0.29) is 30.3 Å². The highest BCUT2D eigenvalue weighted by molar-refractivity contribution is 6.10. The molecule has 8 heteroatoms. The summed E-state index contributed by atoms with van der Waals surface area (Å²) in [6, 6.07) is 19.5. The van der Waals surface area contributed by atoms with Gasteiger partial charge in [0, 0.05) is 64.7 Å². The van der Waals surface area contributed by atoms with Crippen molar-refractivity contribution < 1.29 is 14.5 Å². The second-order valence-corrected chi connectivity index (χ2v) is 7.39. The van der Waals surface area contributed by atoms with Crippen molar-refractivity contribution in [1.82, 2.24) is 4.57 Å². The molecule has 4 rings (SSSR count). The number of nitrogens with one attached hydrogen (secondary N) is 2. The molecule has 0 aliphatic rings. The third kappa shape index (κ3) is 4.29. The van der Waals surface area contributed by atoms with E-state index in [4.69, 9.17) is 0 Å². The first-order valence-corrected chi connectivity index (χ1v) is 10.3. The molecule has 0 fully saturated rings. The van der Waals surface area contributed by atoms with Crippen LogP contribution in [0.2, 0.25) is 0 Å². The van der Waals surface area contributed by atoms with Crippen LogP contribution in [0.5, 0.6) is 0 Å². The first-order valence-electron chi connectivity index (χ1n) is 10.3. The van der Waals surface area contributed by atoms with Crippen LogP contribution in [0.3, 0.4) is 0 Å². The number of aryl methyl sites for hydroxylation is 1. The summed E-state index contributed by atoms with van der Waals surface area (Å²) in [5.41, 5.74) is 3.32. The quantitative estimate of drug-likeness (QED) is 0.315. The molecular formula is C24H22N4O4. The van der Waals surface area contributed by atoms with Crippen LogP contribution in [0.25, 0.3) is 21.8 Å². The molecule has 0 saturated heterocycles. The van der Waals surface area contributed by atoms with Crippen LogP contribution in [-0.2, 0) is 16.1 Å². The Morgan fingerprint density at radius 1 is 0.844 bits per heavy atom. The monoisotopic (exact) mass is 430 g/mol. The molecule has 0 bridgehead atoms. The molecule has 0 saturated carbocycles. The van der Waals surface area contributed by atoms with Crippen LogP contribution < -0.4 is 10.6 Å². The molecule has 8 nitrogen and oxygen atoms in total. The van der Waals surface area contributed by atoms with Gasteiger partial charge in [-0.3, -0.25) is 19.7 Å². The maximum atomic E-state index is 12.4. The Hall–Kier alpha value is -4.20. The molecule has 2 amide bonds. The van der Waals surface area contributed by atoms with Crippen LogP contribution in [0.15, 0.2) is 66.7 Å². The maximum absolute atomic E-state index is 12.4. The summed E-state index contributed by atoms with van der Waals surface area (Å²) in [5, 5.41) is 18.4. The number of hydrogen-bond acceptors (Lipinski definition) is 4. The van der Waals surface area contributed by atoms with Gasteiger partial charge in [-0.1, -0.05) is 18.2 Å². The Kier molecular flexibility index (Phi) is 5.85. The van der Waals surface area contributed by atoms with E-state index in [1.165, 1.54) is 24.3 Å². The number of anilines is 2. The number of rotatable bonds is 7. The summed E-state index contributed by atoms with van der Waals surface area (Å²) in [6.07, 6.45) is 0.0216. The van der Waals surface area contributed by atoms with Gasteiger partial charge in [0.25, 0.3) is 5.69 Å². The largest absolute Gasteiger partial charge is 0.341 e. The van der Waals surface area contributed by atoms with Crippen LogP contribution in [0.1, 0.15) is 19.8 Å². The van der Waals surface area contributed by atoms with E-state index >= 15 is 0 Å². The van der Waals surface area contributed by atoms with E-state index in [0.29, 0.717) is 11.4 Å². The zero-order chi connectivity index (χ0) is 22.7. The van der Waals surface area contributed by atoms with Crippen molar-refractivity contribution in [3.63, 3.8) is 0 Å². The van der Waals surface area contributed by atoms with E-state index in [1.807, 2.05) is 30.3 Å². The SMILES string of the molecule is CCn1c2ccccc2c2cc(NC(=O)CCC(=O)Nc3ccc([N+](=O)[O-])cc3)ccc21. The zero-order valence-corrected chi connectivity index (χ0v) is 17.5. The minimum atomic E-state index is -0.507. The van der Waals surface area contributed by atoms with Gasteiger partial charge < -0.3 is 15.2 Å². The normalized spacial score (nSPS) is 10.9. The summed E-state index contributed by atoms with van der Waals surface area (Å²) in [7, 11) is 0. The third-order valence-electron chi connectivity index (χ3n) is 5.31. The Labute approximate surface area is 184 Å². The molecule has 162 valence electrons. The number of amides is 2. The number of aromatic nitrogens is 1. The van der Waals surface area contributed by atoms with Gasteiger partial charge in [0.1, 0.15) is 0 Å². The third-order valence-corrected chi connectivity index (χ3v) is 5.31. The number of hydrogen-bond donors (Lipinski definition) is 2. The van der Waals surface area contributed by atoms with Crippen molar-refractivity contribution in [1.29, 1.82) is 0 Å². The molecule has 3 aromatic carbocycles. The van der Waals surface area contributed by atoms with Crippen LogP contribution in [0, 0.1) is 10.1 Å². The summed E-state index contributed by atoms with van der Waals surface area (Å²) in [6.45, 7) is 2.95. The molecule has 4 aromatic rings. The van der Waals surface area contributed by atoms with Crippen molar-refractivity contribution in [3.8, 4) is 0 Å². The van der Waals surface area contributed by atoms with E-state index in [1.54, 1.807) is 0 Å². The first kappa shape index (κ1) is 21.0. The molecule has 1 heterocycles. The fraction of sp³-hybridized carbons (Fsp3) is 0.167. The van der Waals surface area contributed by atoms with Crippen LogP contribution in [-0.4, -0.2) is 21.3 Å². The number of para-hydroxylation sites is 1. The van der Waals surface area contributed by atoms with Gasteiger partial charge in [-0.2, -0.15) is 0 Å². The minimum Gasteiger partial charge on any atom is -0.341 e. The molecule has 2 N–H and O–H groups in total. The highest BCUT2D eigenvalue weighted by Gasteiger charge is 2.12. The Balaban J connectivity index is 1.39. The van der Waals surface area contributed by atoms with Gasteiger partial charge in [-0.15, -0.1) is 0 Å². The number of benzene rings is 3. The molecule has 32 heavy (non-hydrogen) atoms. The zero-order valence-electron chi connectivity index (χ0n) is 17.5. The van der Waals surface area contributed by atoms with E-state index in [0.717, 1.165) is 28.4 Å². The first-order chi connectivity index (χ1) is 15.5. The molecule has 1 aromatic heterocycles. The molecule has 0 unspecified atom stereocenters. The lowest BCUT2D eigenvalue weighted by Crippen LogP contribution is -2.17. The van der Waals surface area contributed by atoms with E-state index in [9.17, 15) is 19.7 Å². The molecule has 0 radical (unpaired) electrons. The Morgan fingerprint density at radius 3 is 2.09 bits per heavy atom. The van der Waals surface area contributed by atoms with Gasteiger partial charge in [0.05, 0.1) is 4.92 Å². The average Bonchev–Trinajstić information content (AvgIpc) is 3.11. The average molecular weight is 430 g/mol. The number of carbonyl (C=O) groups excluding carboxylic acids is 2. The maximum Gasteiger partial charge on any atom is 0.269 e. The van der Waals surface area contributed by atoms with Gasteiger partial charge in [0.15, 0.2) is 0 Å². The molecule has 0 spiro atoms. The topological polar surface area (TPSA) is 106 Å². The minimum absolute atomic E-state index is 0.000206. The summed E-state index contributed by atoms with van der Waals surface area (Å²) in [5.74, 6) is -0.599. The van der Waals surface area contributed by atoms with Gasteiger partial charge in [0.2, 0.25) is 11.8 Å². The lowest BCUT2D eigenvalue weighted by atomic mass is 10.1.